The van der Waals surface area contributed by atoms with Gasteiger partial charge in [0.05, 0.1) is 6.61 Å². The second-order valence-corrected chi connectivity index (χ2v) is 4.20. The molecule has 0 saturated carbocycles. The normalized spacial score (nSPS) is 26.8. The number of pyridine rings is 1. The number of epoxide rings is 1. The van der Waals surface area contributed by atoms with Crippen molar-refractivity contribution in [3.63, 3.8) is 0 Å². The smallest absolute Gasteiger partial charge is 0.147 e. The average molecular weight is 227 g/mol. The van der Waals surface area contributed by atoms with E-state index < -0.39 is 5.60 Å². The molecule has 86 valence electrons. The second kappa shape index (κ2) is 3.95. The van der Waals surface area contributed by atoms with Crippen molar-refractivity contribution in [2.45, 2.75) is 11.7 Å². The summed E-state index contributed by atoms with van der Waals surface area (Å²) in [6.45, 7) is -0.0173. The zero-order valence-corrected chi connectivity index (χ0v) is 9.28. The zero-order valence-electron chi connectivity index (χ0n) is 9.28. The van der Waals surface area contributed by atoms with Crippen LogP contribution in [0.3, 0.4) is 0 Å². The van der Waals surface area contributed by atoms with Crippen molar-refractivity contribution >= 4 is 0 Å². The third-order valence-electron chi connectivity index (χ3n) is 3.18. The largest absolute Gasteiger partial charge is 0.393 e. The van der Waals surface area contributed by atoms with Crippen molar-refractivity contribution in [1.82, 2.24) is 4.98 Å². The van der Waals surface area contributed by atoms with Crippen molar-refractivity contribution < 1.29 is 9.84 Å². The van der Waals surface area contributed by atoms with Gasteiger partial charge in [0.15, 0.2) is 0 Å². The topological polar surface area (TPSA) is 45.6 Å². The van der Waals surface area contributed by atoms with Crippen LogP contribution in [-0.2, 0) is 10.3 Å². The molecule has 1 aliphatic rings. The van der Waals surface area contributed by atoms with Gasteiger partial charge in [0.2, 0.25) is 0 Å². The first-order valence-electron chi connectivity index (χ1n) is 5.61. The quantitative estimate of drug-likeness (QED) is 0.816. The van der Waals surface area contributed by atoms with Crippen LogP contribution in [0.5, 0.6) is 0 Å². The lowest BCUT2D eigenvalue weighted by Gasteiger charge is -2.09. The lowest BCUT2D eigenvalue weighted by atomic mass is 9.93. The molecule has 0 amide bonds. The molecule has 3 rings (SSSR count). The Balaban J connectivity index is 1.94. The van der Waals surface area contributed by atoms with Crippen LogP contribution < -0.4 is 0 Å². The van der Waals surface area contributed by atoms with Gasteiger partial charge in [-0.1, -0.05) is 36.4 Å². The summed E-state index contributed by atoms with van der Waals surface area (Å²) < 4.78 is 5.74. The summed E-state index contributed by atoms with van der Waals surface area (Å²) in [6, 6.07) is 13.7. The molecule has 2 unspecified atom stereocenters. The first-order chi connectivity index (χ1) is 8.37. The van der Waals surface area contributed by atoms with Crippen molar-refractivity contribution in [1.29, 1.82) is 0 Å². The van der Waals surface area contributed by atoms with Gasteiger partial charge in [0.25, 0.3) is 0 Å². The molecule has 1 aromatic carbocycles. The maximum atomic E-state index is 9.60. The number of aromatic nitrogens is 1. The lowest BCUT2D eigenvalue weighted by Crippen LogP contribution is -2.15. The molecule has 0 aliphatic carbocycles. The average Bonchev–Trinajstić information content (AvgIpc) is 3.17. The van der Waals surface area contributed by atoms with Gasteiger partial charge in [-0.25, -0.2) is 0 Å². The molecule has 2 heterocycles. The highest BCUT2D eigenvalue weighted by molar-refractivity contribution is 5.34. The van der Waals surface area contributed by atoms with E-state index in [2.05, 4.69) is 4.98 Å². The number of nitrogens with zero attached hydrogens (tertiary/aromatic N) is 1. The van der Waals surface area contributed by atoms with E-state index in [9.17, 15) is 5.11 Å². The van der Waals surface area contributed by atoms with Crippen LogP contribution in [0.1, 0.15) is 17.2 Å². The fourth-order valence-corrected chi connectivity index (χ4v) is 2.20. The Morgan fingerprint density at radius 3 is 2.65 bits per heavy atom. The summed E-state index contributed by atoms with van der Waals surface area (Å²) in [4.78, 5) is 4.08. The highest BCUT2D eigenvalue weighted by Crippen LogP contribution is 2.56. The van der Waals surface area contributed by atoms with Crippen molar-refractivity contribution in [3.8, 4) is 0 Å². The van der Waals surface area contributed by atoms with Crippen LogP contribution in [0.15, 0.2) is 54.9 Å². The number of hydrogen-bond acceptors (Lipinski definition) is 3. The van der Waals surface area contributed by atoms with Gasteiger partial charge in [-0.05, 0) is 11.6 Å². The van der Waals surface area contributed by atoms with Crippen LogP contribution in [0, 0.1) is 0 Å². The summed E-state index contributed by atoms with van der Waals surface area (Å²) in [5, 5.41) is 9.60. The van der Waals surface area contributed by atoms with Crippen molar-refractivity contribution in [2.75, 3.05) is 6.61 Å². The summed E-state index contributed by atoms with van der Waals surface area (Å²) in [5.41, 5.74) is 1.44. The molecule has 0 bridgehead atoms. The summed E-state index contributed by atoms with van der Waals surface area (Å²) in [5.74, 6) is 0. The van der Waals surface area contributed by atoms with E-state index in [1.807, 2.05) is 42.5 Å². The van der Waals surface area contributed by atoms with Gasteiger partial charge in [0, 0.05) is 18.0 Å². The molecule has 2 atom stereocenters. The Kier molecular flexibility index (Phi) is 2.42. The van der Waals surface area contributed by atoms with E-state index >= 15 is 0 Å². The number of benzene rings is 1. The van der Waals surface area contributed by atoms with Crippen molar-refractivity contribution in [3.05, 3.63) is 66.0 Å². The fourth-order valence-electron chi connectivity index (χ4n) is 2.20. The summed E-state index contributed by atoms with van der Waals surface area (Å²) >= 11 is 0. The van der Waals surface area contributed by atoms with Gasteiger partial charge in [-0.2, -0.15) is 0 Å². The van der Waals surface area contributed by atoms with Gasteiger partial charge >= 0.3 is 0 Å². The van der Waals surface area contributed by atoms with Crippen LogP contribution in [0.25, 0.3) is 0 Å². The number of aliphatic hydroxyl groups excluding tert-OH is 1. The molecule has 2 aromatic rings. The molecule has 1 saturated heterocycles. The molecule has 1 aliphatic heterocycles. The summed E-state index contributed by atoms with van der Waals surface area (Å²) in [7, 11) is 0. The van der Waals surface area contributed by atoms with E-state index in [-0.39, 0.29) is 12.7 Å². The lowest BCUT2D eigenvalue weighted by molar-refractivity contribution is 0.172. The number of rotatable bonds is 3. The third kappa shape index (κ3) is 1.64. The molecule has 1 aromatic heterocycles. The maximum absolute atomic E-state index is 9.60. The Labute approximate surface area is 99.7 Å². The van der Waals surface area contributed by atoms with Crippen LogP contribution in [0.2, 0.25) is 0 Å². The summed E-state index contributed by atoms with van der Waals surface area (Å²) in [6.07, 6.45) is 3.42. The monoisotopic (exact) mass is 227 g/mol. The zero-order chi connectivity index (χ0) is 11.7. The minimum atomic E-state index is -0.579. The van der Waals surface area contributed by atoms with E-state index in [1.165, 1.54) is 0 Å². The van der Waals surface area contributed by atoms with E-state index in [0.29, 0.717) is 0 Å². The Morgan fingerprint density at radius 1 is 1.18 bits per heavy atom. The molecule has 17 heavy (non-hydrogen) atoms. The van der Waals surface area contributed by atoms with Gasteiger partial charge in [-0.3, -0.25) is 4.98 Å². The molecule has 0 radical (unpaired) electrons. The fraction of sp³-hybridized carbons (Fsp3) is 0.214. The Hall–Kier alpha value is -1.71. The van der Waals surface area contributed by atoms with E-state index in [0.717, 1.165) is 11.1 Å². The molecular formula is C14H13NO2. The number of aliphatic hydroxyl groups is 1. The van der Waals surface area contributed by atoms with E-state index in [4.69, 9.17) is 4.74 Å². The predicted octanol–water partition coefficient (Wildman–Crippen LogP) is 2.04. The minimum Gasteiger partial charge on any atom is -0.393 e. The van der Waals surface area contributed by atoms with E-state index in [1.54, 1.807) is 12.4 Å². The van der Waals surface area contributed by atoms with Crippen molar-refractivity contribution in [2.24, 2.45) is 0 Å². The molecule has 1 fully saturated rings. The second-order valence-electron chi connectivity index (χ2n) is 4.20. The van der Waals surface area contributed by atoms with Crippen LogP contribution >= 0.6 is 0 Å². The van der Waals surface area contributed by atoms with Gasteiger partial charge < -0.3 is 9.84 Å². The molecule has 3 heteroatoms. The molecule has 0 spiro atoms. The standard InChI is InChI=1S/C14H13NO2/c16-10-14(12-6-2-1-3-7-12)13(17-14)11-5-4-8-15-9-11/h1-9,13,16H,10H2. The first kappa shape index (κ1) is 10.4. The highest BCUT2D eigenvalue weighted by Gasteiger charge is 2.58. The maximum Gasteiger partial charge on any atom is 0.147 e. The van der Waals surface area contributed by atoms with Gasteiger partial charge in [0.1, 0.15) is 11.7 Å². The van der Waals surface area contributed by atoms with Gasteiger partial charge in [-0.15, -0.1) is 0 Å². The predicted molar refractivity (Wildman–Crippen MR) is 63.3 cm³/mol. The highest BCUT2D eigenvalue weighted by atomic mass is 16.6. The molecule has 1 N–H and O–H groups in total. The first-order valence-corrected chi connectivity index (χ1v) is 5.61. The molecule has 3 nitrogen and oxygen atoms in total. The SMILES string of the molecule is OCC1(c2ccccc2)OC1c1cccnc1. The number of hydrogen-bond donors (Lipinski definition) is 1. The van der Waals surface area contributed by atoms with Crippen LogP contribution in [0.4, 0.5) is 0 Å². The Bertz CT molecular complexity index is 500. The minimum absolute atomic E-state index is 0.0173. The Morgan fingerprint density at radius 2 is 2.00 bits per heavy atom. The number of ether oxygens (including phenoxy) is 1. The van der Waals surface area contributed by atoms with Crippen LogP contribution in [-0.4, -0.2) is 16.7 Å². The molecular weight excluding hydrogens is 214 g/mol. The third-order valence-corrected chi connectivity index (χ3v) is 3.18.